The predicted molar refractivity (Wildman–Crippen MR) is 79.4 cm³/mol. The molecule has 5 heteroatoms. The highest BCUT2D eigenvalue weighted by atomic mass is 16.4. The molecule has 1 N–H and O–H groups in total. The summed E-state index contributed by atoms with van der Waals surface area (Å²) in [5, 5.41) is 3.37. The lowest BCUT2D eigenvalue weighted by Gasteiger charge is -2.05. The minimum Gasteiger partial charge on any atom is -0.422 e. The number of fused-ring (bicyclic) bond motifs is 1. The lowest BCUT2D eigenvalue weighted by molar-refractivity contribution is 0.102. The van der Waals surface area contributed by atoms with E-state index in [2.05, 4.69) is 10.3 Å². The van der Waals surface area contributed by atoms with Crippen molar-refractivity contribution in [2.24, 2.45) is 0 Å². The molecule has 5 nitrogen and oxygen atoms in total. The summed E-state index contributed by atoms with van der Waals surface area (Å²) in [6.07, 6.45) is 1.59. The van der Waals surface area contributed by atoms with Crippen molar-refractivity contribution < 1.29 is 9.21 Å². The van der Waals surface area contributed by atoms with E-state index in [1.54, 1.807) is 36.5 Å². The number of nitrogens with one attached hydrogen (secondary N) is 1. The molecular weight excluding hydrogens is 268 g/mol. The van der Waals surface area contributed by atoms with E-state index < -0.39 is 11.5 Å². The number of para-hydroxylation sites is 1. The topological polar surface area (TPSA) is 72.2 Å². The average Bonchev–Trinajstić information content (AvgIpc) is 2.46. The Hall–Kier alpha value is -2.95. The van der Waals surface area contributed by atoms with Crippen molar-refractivity contribution in [2.45, 2.75) is 6.92 Å². The molecule has 0 atom stereocenters. The number of aromatic nitrogens is 1. The fourth-order valence-electron chi connectivity index (χ4n) is 2.04. The van der Waals surface area contributed by atoms with Gasteiger partial charge in [-0.2, -0.15) is 0 Å². The van der Waals surface area contributed by atoms with Crippen LogP contribution in [0.1, 0.15) is 16.1 Å². The number of aryl methyl sites for hydroxylation is 1. The van der Waals surface area contributed by atoms with Gasteiger partial charge in [0.15, 0.2) is 0 Å². The zero-order chi connectivity index (χ0) is 14.8. The van der Waals surface area contributed by atoms with Crippen molar-refractivity contribution in [1.82, 2.24) is 4.98 Å². The first-order chi connectivity index (χ1) is 10.1. The molecule has 0 aliphatic heterocycles. The smallest absolute Gasteiger partial charge is 0.349 e. The molecule has 0 fully saturated rings. The number of nitrogens with zero attached hydrogens (tertiary/aromatic N) is 1. The fraction of sp³-hybridized carbons (Fsp3) is 0.0625. The molecular formula is C16H12N2O3. The van der Waals surface area contributed by atoms with E-state index in [1.165, 1.54) is 6.07 Å². The number of carbonyl (C=O) groups excluding carboxylic acids is 1. The monoisotopic (exact) mass is 280 g/mol. The Balaban J connectivity index is 1.98. The first-order valence-electron chi connectivity index (χ1n) is 6.40. The van der Waals surface area contributed by atoms with E-state index in [1.807, 2.05) is 13.0 Å². The van der Waals surface area contributed by atoms with Gasteiger partial charge in [0, 0.05) is 23.0 Å². The van der Waals surface area contributed by atoms with E-state index in [4.69, 9.17) is 4.42 Å². The van der Waals surface area contributed by atoms with Crippen molar-refractivity contribution in [3.63, 3.8) is 0 Å². The third-order valence-corrected chi connectivity index (χ3v) is 3.04. The molecule has 2 heterocycles. The van der Waals surface area contributed by atoms with Crippen LogP contribution in [0.2, 0.25) is 0 Å². The molecule has 3 rings (SSSR count). The number of rotatable bonds is 2. The van der Waals surface area contributed by atoms with Gasteiger partial charge in [0.05, 0.1) is 0 Å². The summed E-state index contributed by atoms with van der Waals surface area (Å²) in [5.41, 5.74) is 1.14. The third-order valence-electron chi connectivity index (χ3n) is 3.04. The van der Waals surface area contributed by atoms with E-state index >= 15 is 0 Å². The molecule has 0 spiro atoms. The Labute approximate surface area is 120 Å². The maximum absolute atomic E-state index is 12.2. The molecule has 3 aromatic rings. The van der Waals surface area contributed by atoms with E-state index in [0.29, 0.717) is 16.7 Å². The van der Waals surface area contributed by atoms with Crippen molar-refractivity contribution >= 4 is 22.6 Å². The molecule has 0 saturated heterocycles. The third kappa shape index (κ3) is 2.67. The molecule has 21 heavy (non-hydrogen) atoms. The Bertz CT molecular complexity index is 884. The quantitative estimate of drug-likeness (QED) is 0.733. The van der Waals surface area contributed by atoms with Crippen LogP contribution in [0.25, 0.3) is 11.0 Å². The molecule has 1 aromatic carbocycles. The normalized spacial score (nSPS) is 10.5. The van der Waals surface area contributed by atoms with E-state index in [0.717, 1.165) is 5.69 Å². The molecule has 0 saturated carbocycles. The summed E-state index contributed by atoms with van der Waals surface area (Å²) < 4.78 is 5.15. The van der Waals surface area contributed by atoms with E-state index in [9.17, 15) is 9.59 Å². The molecule has 1 amide bonds. The Morgan fingerprint density at radius 1 is 1.19 bits per heavy atom. The highest BCUT2D eigenvalue weighted by Crippen LogP contribution is 2.14. The predicted octanol–water partition coefficient (Wildman–Crippen LogP) is 2.75. The van der Waals surface area contributed by atoms with Gasteiger partial charge in [0.1, 0.15) is 11.1 Å². The van der Waals surface area contributed by atoms with Gasteiger partial charge in [0.25, 0.3) is 5.91 Å². The second-order valence-corrected chi connectivity index (χ2v) is 4.63. The van der Waals surface area contributed by atoms with Gasteiger partial charge >= 0.3 is 5.63 Å². The first-order valence-corrected chi connectivity index (χ1v) is 6.40. The molecule has 0 aliphatic carbocycles. The summed E-state index contributed by atoms with van der Waals surface area (Å²) in [6, 6.07) is 12.0. The molecule has 0 bridgehead atoms. The number of anilines is 1. The minimum absolute atomic E-state index is 0.0248. The molecule has 2 aromatic heterocycles. The summed E-state index contributed by atoms with van der Waals surface area (Å²) in [4.78, 5) is 28.1. The molecule has 0 unspecified atom stereocenters. The Kier molecular flexibility index (Phi) is 3.23. The number of hydrogen-bond donors (Lipinski definition) is 1. The molecule has 0 radical (unpaired) electrons. The van der Waals surface area contributed by atoms with Gasteiger partial charge in [-0.25, -0.2) is 4.79 Å². The number of carbonyl (C=O) groups is 1. The number of hydrogen-bond acceptors (Lipinski definition) is 4. The van der Waals surface area contributed by atoms with Gasteiger partial charge in [-0.3, -0.25) is 9.78 Å². The zero-order valence-corrected chi connectivity index (χ0v) is 11.3. The van der Waals surface area contributed by atoms with Crippen LogP contribution in [0.4, 0.5) is 5.69 Å². The second kappa shape index (κ2) is 5.20. The lowest BCUT2D eigenvalue weighted by Crippen LogP contribution is -2.20. The van der Waals surface area contributed by atoms with Crippen LogP contribution in [0, 0.1) is 6.92 Å². The summed E-state index contributed by atoms with van der Waals surface area (Å²) in [7, 11) is 0. The van der Waals surface area contributed by atoms with Gasteiger partial charge in [-0.05, 0) is 31.2 Å². The molecule has 0 aliphatic rings. The van der Waals surface area contributed by atoms with Crippen molar-refractivity contribution in [3.8, 4) is 0 Å². The standard InChI is InChI=1S/C16H12N2O3/c1-10-8-12(6-7-17-10)18-15(19)13-9-11-4-2-3-5-14(11)21-16(13)20/h2-9H,1H3,(H,17,18,19). The van der Waals surface area contributed by atoms with Crippen LogP contribution in [0.5, 0.6) is 0 Å². The minimum atomic E-state index is -0.656. The van der Waals surface area contributed by atoms with Crippen LogP contribution < -0.4 is 10.9 Å². The highest BCUT2D eigenvalue weighted by Gasteiger charge is 2.13. The SMILES string of the molecule is Cc1cc(NC(=O)c2cc3ccccc3oc2=O)ccn1. The van der Waals surface area contributed by atoms with Crippen molar-refractivity contribution in [1.29, 1.82) is 0 Å². The maximum Gasteiger partial charge on any atom is 0.349 e. The zero-order valence-electron chi connectivity index (χ0n) is 11.3. The average molecular weight is 280 g/mol. The first kappa shape index (κ1) is 13.1. The maximum atomic E-state index is 12.2. The summed E-state index contributed by atoms with van der Waals surface area (Å²) in [5.74, 6) is -0.500. The molecule has 104 valence electrons. The fourth-order valence-corrected chi connectivity index (χ4v) is 2.04. The van der Waals surface area contributed by atoms with E-state index in [-0.39, 0.29) is 5.56 Å². The van der Waals surface area contributed by atoms with Crippen molar-refractivity contribution in [2.75, 3.05) is 5.32 Å². The summed E-state index contributed by atoms with van der Waals surface area (Å²) in [6.45, 7) is 1.82. The summed E-state index contributed by atoms with van der Waals surface area (Å²) >= 11 is 0. The van der Waals surface area contributed by atoms with Gasteiger partial charge in [0.2, 0.25) is 0 Å². The second-order valence-electron chi connectivity index (χ2n) is 4.63. The Morgan fingerprint density at radius 3 is 2.81 bits per heavy atom. The number of pyridine rings is 1. The van der Waals surface area contributed by atoms with Crippen LogP contribution in [0.3, 0.4) is 0 Å². The van der Waals surface area contributed by atoms with Crippen LogP contribution in [-0.2, 0) is 0 Å². The van der Waals surface area contributed by atoms with Gasteiger partial charge in [-0.1, -0.05) is 18.2 Å². The van der Waals surface area contributed by atoms with Gasteiger partial charge < -0.3 is 9.73 Å². The Morgan fingerprint density at radius 2 is 2.00 bits per heavy atom. The number of amides is 1. The van der Waals surface area contributed by atoms with Crippen LogP contribution in [-0.4, -0.2) is 10.9 Å². The van der Waals surface area contributed by atoms with Crippen molar-refractivity contribution in [3.05, 3.63) is 70.3 Å². The largest absolute Gasteiger partial charge is 0.422 e. The number of benzene rings is 1. The highest BCUT2D eigenvalue weighted by molar-refractivity contribution is 6.05. The van der Waals surface area contributed by atoms with Crippen LogP contribution in [0.15, 0.2) is 57.9 Å². The lowest BCUT2D eigenvalue weighted by atomic mass is 10.2. The van der Waals surface area contributed by atoms with Crippen LogP contribution >= 0.6 is 0 Å². The van der Waals surface area contributed by atoms with Gasteiger partial charge in [-0.15, -0.1) is 0 Å².